The molecular formula is C18H22N2O3. The van der Waals surface area contributed by atoms with Crippen LogP contribution in [0.25, 0.3) is 0 Å². The van der Waals surface area contributed by atoms with Gasteiger partial charge in [-0.1, -0.05) is 18.2 Å². The van der Waals surface area contributed by atoms with Crippen LogP contribution in [0.2, 0.25) is 0 Å². The van der Waals surface area contributed by atoms with Crippen molar-refractivity contribution in [2.75, 3.05) is 6.54 Å². The Labute approximate surface area is 136 Å². The average Bonchev–Trinajstić information content (AvgIpc) is 2.97. The topological polar surface area (TPSA) is 49.9 Å². The summed E-state index contributed by atoms with van der Waals surface area (Å²) in [6, 6.07) is 7.58. The SMILES string of the molecule is CC12CCCN1C(=O)N(Cc1ccccc1OC1CCC1)C2=O. The number of hydrogen-bond acceptors (Lipinski definition) is 3. The van der Waals surface area contributed by atoms with Crippen LogP contribution in [0, 0.1) is 0 Å². The molecule has 3 fully saturated rings. The maximum Gasteiger partial charge on any atom is 0.327 e. The molecule has 1 aromatic rings. The number of carbonyl (C=O) groups is 2. The summed E-state index contributed by atoms with van der Waals surface area (Å²) in [6.07, 6.45) is 5.33. The van der Waals surface area contributed by atoms with Gasteiger partial charge in [-0.2, -0.15) is 0 Å². The molecule has 5 heteroatoms. The molecule has 4 rings (SSSR count). The van der Waals surface area contributed by atoms with Gasteiger partial charge in [0.1, 0.15) is 11.3 Å². The summed E-state index contributed by atoms with van der Waals surface area (Å²) in [6.45, 7) is 2.86. The van der Waals surface area contributed by atoms with Crippen molar-refractivity contribution in [1.29, 1.82) is 0 Å². The van der Waals surface area contributed by atoms with Crippen LogP contribution in [-0.2, 0) is 11.3 Å². The van der Waals surface area contributed by atoms with E-state index in [-0.39, 0.29) is 18.0 Å². The normalized spacial score (nSPS) is 27.3. The lowest BCUT2D eigenvalue weighted by Gasteiger charge is -2.28. The first kappa shape index (κ1) is 14.5. The van der Waals surface area contributed by atoms with Crippen LogP contribution in [0.4, 0.5) is 4.79 Å². The molecule has 0 radical (unpaired) electrons. The summed E-state index contributed by atoms with van der Waals surface area (Å²) >= 11 is 0. The van der Waals surface area contributed by atoms with Crippen molar-refractivity contribution in [3.05, 3.63) is 29.8 Å². The molecule has 1 unspecified atom stereocenters. The first-order chi connectivity index (χ1) is 11.1. The highest BCUT2D eigenvalue weighted by atomic mass is 16.5. The zero-order valence-electron chi connectivity index (χ0n) is 13.5. The van der Waals surface area contributed by atoms with Gasteiger partial charge in [0, 0.05) is 12.1 Å². The Morgan fingerprint density at radius 3 is 2.70 bits per heavy atom. The second kappa shape index (κ2) is 5.25. The van der Waals surface area contributed by atoms with Gasteiger partial charge in [0.2, 0.25) is 0 Å². The van der Waals surface area contributed by atoms with Crippen molar-refractivity contribution in [1.82, 2.24) is 9.80 Å². The average molecular weight is 314 g/mol. The van der Waals surface area contributed by atoms with E-state index in [2.05, 4.69) is 0 Å². The molecule has 2 heterocycles. The van der Waals surface area contributed by atoms with Gasteiger partial charge in [-0.05, 0) is 45.1 Å². The second-order valence-electron chi connectivity index (χ2n) is 6.98. The Morgan fingerprint density at radius 2 is 2.00 bits per heavy atom. The van der Waals surface area contributed by atoms with Crippen molar-refractivity contribution >= 4 is 11.9 Å². The van der Waals surface area contributed by atoms with Crippen molar-refractivity contribution in [2.24, 2.45) is 0 Å². The highest BCUT2D eigenvalue weighted by Gasteiger charge is 2.56. The Morgan fingerprint density at radius 1 is 1.22 bits per heavy atom. The largest absolute Gasteiger partial charge is 0.490 e. The zero-order chi connectivity index (χ0) is 16.0. The molecule has 0 spiro atoms. The third kappa shape index (κ3) is 2.21. The predicted molar refractivity (Wildman–Crippen MR) is 85.0 cm³/mol. The van der Waals surface area contributed by atoms with Crippen molar-refractivity contribution < 1.29 is 14.3 Å². The van der Waals surface area contributed by atoms with Crippen molar-refractivity contribution in [2.45, 2.75) is 57.2 Å². The molecule has 3 amide bonds. The van der Waals surface area contributed by atoms with E-state index >= 15 is 0 Å². The number of ether oxygens (including phenoxy) is 1. The minimum absolute atomic E-state index is 0.0709. The molecule has 1 aromatic carbocycles. The van der Waals surface area contributed by atoms with Crippen LogP contribution < -0.4 is 4.74 Å². The standard InChI is InChI=1S/C18H22N2O3/c1-18-10-5-11-20(18)17(22)19(16(18)21)12-13-6-2-3-9-15(13)23-14-7-4-8-14/h2-3,6,9,14H,4-5,7-8,10-12H2,1H3. The number of imide groups is 1. The van der Waals surface area contributed by atoms with E-state index < -0.39 is 5.54 Å². The Balaban J connectivity index is 1.56. The summed E-state index contributed by atoms with van der Waals surface area (Å²) in [7, 11) is 0. The van der Waals surface area contributed by atoms with Crippen molar-refractivity contribution in [3.8, 4) is 5.75 Å². The zero-order valence-corrected chi connectivity index (χ0v) is 13.5. The van der Waals surface area contributed by atoms with Gasteiger partial charge in [-0.25, -0.2) is 4.79 Å². The number of urea groups is 1. The molecule has 0 aromatic heterocycles. The van der Waals surface area contributed by atoms with E-state index in [1.165, 1.54) is 11.3 Å². The maximum absolute atomic E-state index is 12.7. The summed E-state index contributed by atoms with van der Waals surface area (Å²) in [5.41, 5.74) is 0.270. The molecule has 1 aliphatic carbocycles. The molecule has 2 saturated heterocycles. The van der Waals surface area contributed by atoms with Crippen LogP contribution in [0.5, 0.6) is 5.75 Å². The van der Waals surface area contributed by atoms with Gasteiger partial charge in [0.15, 0.2) is 0 Å². The lowest BCUT2D eigenvalue weighted by atomic mass is 9.96. The van der Waals surface area contributed by atoms with Gasteiger partial charge in [0.25, 0.3) is 5.91 Å². The van der Waals surface area contributed by atoms with Crippen LogP contribution in [-0.4, -0.2) is 39.9 Å². The van der Waals surface area contributed by atoms with E-state index in [9.17, 15) is 9.59 Å². The first-order valence-corrected chi connectivity index (χ1v) is 8.48. The quantitative estimate of drug-likeness (QED) is 0.803. The number of rotatable bonds is 4. The van der Waals surface area contributed by atoms with Gasteiger partial charge in [0.05, 0.1) is 12.6 Å². The minimum atomic E-state index is -0.638. The molecule has 5 nitrogen and oxygen atoms in total. The maximum atomic E-state index is 12.7. The third-order valence-electron chi connectivity index (χ3n) is 5.46. The Hall–Kier alpha value is -2.04. The molecule has 1 saturated carbocycles. The number of carbonyl (C=O) groups excluding carboxylic acids is 2. The number of para-hydroxylation sites is 1. The van der Waals surface area contributed by atoms with Crippen LogP contribution in [0.15, 0.2) is 24.3 Å². The first-order valence-electron chi connectivity index (χ1n) is 8.48. The van der Waals surface area contributed by atoms with E-state index in [4.69, 9.17) is 4.74 Å². The van der Waals surface area contributed by atoms with Gasteiger partial charge in [-0.15, -0.1) is 0 Å². The molecule has 23 heavy (non-hydrogen) atoms. The fourth-order valence-corrected chi connectivity index (χ4v) is 3.74. The van der Waals surface area contributed by atoms with Crippen molar-refractivity contribution in [3.63, 3.8) is 0 Å². The number of benzene rings is 1. The molecule has 1 atom stereocenters. The lowest BCUT2D eigenvalue weighted by molar-refractivity contribution is -0.132. The summed E-state index contributed by atoms with van der Waals surface area (Å²) in [4.78, 5) is 28.5. The van der Waals surface area contributed by atoms with Crippen LogP contribution >= 0.6 is 0 Å². The smallest absolute Gasteiger partial charge is 0.327 e. The monoisotopic (exact) mass is 314 g/mol. The highest BCUT2D eigenvalue weighted by molar-refractivity contribution is 6.07. The van der Waals surface area contributed by atoms with Gasteiger partial charge in [-0.3, -0.25) is 9.69 Å². The highest BCUT2D eigenvalue weighted by Crippen LogP contribution is 2.38. The molecular weight excluding hydrogens is 292 g/mol. The summed E-state index contributed by atoms with van der Waals surface area (Å²) in [5, 5.41) is 0. The molecule has 0 bridgehead atoms. The second-order valence-corrected chi connectivity index (χ2v) is 6.98. The van der Waals surface area contributed by atoms with Crippen LogP contribution in [0.1, 0.15) is 44.6 Å². The number of nitrogens with zero attached hydrogens (tertiary/aromatic N) is 2. The van der Waals surface area contributed by atoms with Crippen LogP contribution in [0.3, 0.4) is 0 Å². The Bertz CT molecular complexity index is 655. The molecule has 0 N–H and O–H groups in total. The van der Waals surface area contributed by atoms with E-state index in [0.29, 0.717) is 13.1 Å². The molecule has 122 valence electrons. The Kier molecular flexibility index (Phi) is 3.32. The van der Waals surface area contributed by atoms with Gasteiger partial charge >= 0.3 is 6.03 Å². The fourth-order valence-electron chi connectivity index (χ4n) is 3.74. The third-order valence-corrected chi connectivity index (χ3v) is 5.46. The predicted octanol–water partition coefficient (Wildman–Crippen LogP) is 2.93. The molecule has 2 aliphatic heterocycles. The van der Waals surface area contributed by atoms with E-state index in [1.807, 2.05) is 31.2 Å². The number of hydrogen-bond donors (Lipinski definition) is 0. The summed E-state index contributed by atoms with van der Waals surface area (Å²) in [5.74, 6) is 0.730. The minimum Gasteiger partial charge on any atom is -0.490 e. The van der Waals surface area contributed by atoms with E-state index in [0.717, 1.165) is 37.0 Å². The number of amides is 3. The fraction of sp³-hybridized carbons (Fsp3) is 0.556. The number of fused-ring (bicyclic) bond motifs is 1. The van der Waals surface area contributed by atoms with E-state index in [1.54, 1.807) is 4.90 Å². The van der Waals surface area contributed by atoms with Gasteiger partial charge < -0.3 is 9.64 Å². The lowest BCUT2D eigenvalue weighted by Crippen LogP contribution is -2.41. The molecule has 3 aliphatic rings. The summed E-state index contributed by atoms with van der Waals surface area (Å²) < 4.78 is 6.02.